The van der Waals surface area contributed by atoms with Crippen molar-refractivity contribution >= 4 is 0 Å². The van der Waals surface area contributed by atoms with Crippen LogP contribution in [0.1, 0.15) is 20.3 Å². The molecule has 0 aromatic heterocycles. The zero-order chi connectivity index (χ0) is 6.62. The van der Waals surface area contributed by atoms with Crippen LogP contribution in [0.2, 0.25) is 0 Å². The Labute approximate surface area is 51.0 Å². The molecule has 0 saturated carbocycles. The van der Waals surface area contributed by atoms with Crippen LogP contribution in [0.15, 0.2) is 12.2 Å². The summed E-state index contributed by atoms with van der Waals surface area (Å²) >= 11 is 0. The molecule has 1 heteroatoms. The number of aliphatic hydroxyl groups is 1. The molecule has 0 aliphatic carbocycles. The van der Waals surface area contributed by atoms with Gasteiger partial charge in [0.15, 0.2) is 0 Å². The average molecular weight is 113 g/mol. The van der Waals surface area contributed by atoms with E-state index >= 15 is 0 Å². The van der Waals surface area contributed by atoms with Crippen LogP contribution in [0.3, 0.4) is 0 Å². The zero-order valence-corrected chi connectivity index (χ0v) is 5.52. The molecular formula is C7H13O. The molecule has 0 unspecified atom stereocenters. The first-order valence-electron chi connectivity index (χ1n) is 2.73. The van der Waals surface area contributed by atoms with Crippen LogP contribution >= 0.6 is 0 Å². The summed E-state index contributed by atoms with van der Waals surface area (Å²) in [5.41, 5.74) is -0.575. The van der Waals surface area contributed by atoms with Crippen LogP contribution in [0.25, 0.3) is 0 Å². The van der Waals surface area contributed by atoms with Crippen LogP contribution in [0, 0.1) is 6.92 Å². The average Bonchev–Trinajstić information content (AvgIpc) is 1.59. The van der Waals surface area contributed by atoms with Gasteiger partial charge in [-0.25, -0.2) is 0 Å². The molecule has 1 N–H and O–H groups in total. The first-order valence-corrected chi connectivity index (χ1v) is 2.73. The Morgan fingerprint density at radius 1 is 1.62 bits per heavy atom. The van der Waals surface area contributed by atoms with E-state index < -0.39 is 5.60 Å². The van der Waals surface area contributed by atoms with E-state index in [-0.39, 0.29) is 0 Å². The van der Waals surface area contributed by atoms with Crippen LogP contribution in [0.4, 0.5) is 0 Å². The first kappa shape index (κ1) is 7.70. The van der Waals surface area contributed by atoms with Gasteiger partial charge in [0.25, 0.3) is 0 Å². The summed E-state index contributed by atoms with van der Waals surface area (Å²) in [5.74, 6) is 0. The molecule has 8 heavy (non-hydrogen) atoms. The fraction of sp³-hybridized carbons (Fsp3) is 0.571. The molecule has 0 bridgehead atoms. The lowest BCUT2D eigenvalue weighted by molar-refractivity contribution is 0.0839. The molecule has 0 aromatic carbocycles. The molecule has 0 spiro atoms. The minimum absolute atomic E-state index is 0.575. The fourth-order valence-corrected chi connectivity index (χ4v) is 0.372. The quantitative estimate of drug-likeness (QED) is 0.576. The van der Waals surface area contributed by atoms with Gasteiger partial charge in [0.2, 0.25) is 0 Å². The van der Waals surface area contributed by atoms with Crippen molar-refractivity contribution in [1.82, 2.24) is 0 Å². The summed E-state index contributed by atoms with van der Waals surface area (Å²) in [6.07, 6.45) is 4.22. The maximum atomic E-state index is 9.07. The predicted octanol–water partition coefficient (Wildman–Crippen LogP) is 1.54. The van der Waals surface area contributed by atoms with Crippen molar-refractivity contribution in [2.45, 2.75) is 25.9 Å². The minimum Gasteiger partial charge on any atom is -0.390 e. The van der Waals surface area contributed by atoms with E-state index in [0.29, 0.717) is 6.42 Å². The number of allylic oxidation sites excluding steroid dienone is 1. The van der Waals surface area contributed by atoms with Gasteiger partial charge in [0.05, 0.1) is 5.60 Å². The third kappa shape index (κ3) is 5.70. The Morgan fingerprint density at radius 3 is 2.25 bits per heavy atom. The second kappa shape index (κ2) is 2.88. The van der Waals surface area contributed by atoms with Crippen molar-refractivity contribution in [3.05, 3.63) is 19.1 Å². The van der Waals surface area contributed by atoms with Crippen molar-refractivity contribution in [3.8, 4) is 0 Å². The predicted molar refractivity (Wildman–Crippen MR) is 35.4 cm³/mol. The molecule has 47 valence electrons. The minimum atomic E-state index is -0.575. The molecule has 0 aromatic rings. The third-order valence-corrected chi connectivity index (χ3v) is 0.784. The smallest absolute Gasteiger partial charge is 0.0626 e. The Bertz CT molecular complexity index is 76.9. The summed E-state index contributed by atoms with van der Waals surface area (Å²) in [6, 6.07) is 0. The van der Waals surface area contributed by atoms with E-state index in [0.717, 1.165) is 0 Å². The molecule has 0 fully saturated rings. The third-order valence-electron chi connectivity index (χ3n) is 0.784. The maximum absolute atomic E-state index is 9.07. The van der Waals surface area contributed by atoms with Gasteiger partial charge in [-0.1, -0.05) is 12.2 Å². The number of rotatable bonds is 2. The highest BCUT2D eigenvalue weighted by Gasteiger charge is 2.07. The van der Waals surface area contributed by atoms with Gasteiger partial charge in [-0.05, 0) is 27.2 Å². The SMILES string of the molecule is [CH2]C=CCC(C)(C)O. The highest BCUT2D eigenvalue weighted by atomic mass is 16.3. The van der Waals surface area contributed by atoms with Gasteiger partial charge in [-0.15, -0.1) is 0 Å². The van der Waals surface area contributed by atoms with E-state index in [9.17, 15) is 0 Å². The van der Waals surface area contributed by atoms with E-state index in [1.54, 1.807) is 19.9 Å². The topological polar surface area (TPSA) is 20.2 Å². The van der Waals surface area contributed by atoms with Gasteiger partial charge in [0, 0.05) is 0 Å². The Morgan fingerprint density at radius 2 is 2.12 bits per heavy atom. The highest BCUT2D eigenvalue weighted by Crippen LogP contribution is 2.06. The lowest BCUT2D eigenvalue weighted by Crippen LogP contribution is -2.16. The number of hydrogen-bond acceptors (Lipinski definition) is 1. The van der Waals surface area contributed by atoms with E-state index in [1.165, 1.54) is 0 Å². The molecule has 0 saturated heterocycles. The van der Waals surface area contributed by atoms with Crippen LogP contribution in [-0.2, 0) is 0 Å². The molecule has 0 atom stereocenters. The van der Waals surface area contributed by atoms with Crippen molar-refractivity contribution in [2.24, 2.45) is 0 Å². The monoisotopic (exact) mass is 113 g/mol. The number of hydrogen-bond donors (Lipinski definition) is 1. The molecule has 1 radical (unpaired) electrons. The van der Waals surface area contributed by atoms with Crippen LogP contribution in [-0.4, -0.2) is 10.7 Å². The second-order valence-electron chi connectivity index (χ2n) is 2.49. The van der Waals surface area contributed by atoms with Crippen molar-refractivity contribution < 1.29 is 5.11 Å². The summed E-state index contributed by atoms with van der Waals surface area (Å²) in [6.45, 7) is 7.04. The largest absolute Gasteiger partial charge is 0.390 e. The Kier molecular flexibility index (Phi) is 2.77. The maximum Gasteiger partial charge on any atom is 0.0626 e. The normalized spacial score (nSPS) is 13.0. The molecule has 1 nitrogen and oxygen atoms in total. The standard InChI is InChI=1S/C7H13O/c1-4-5-6-7(2,3)8/h4-5,8H,1,6H2,2-3H3. The van der Waals surface area contributed by atoms with E-state index in [2.05, 4.69) is 6.92 Å². The van der Waals surface area contributed by atoms with Gasteiger partial charge in [-0.3, -0.25) is 0 Å². The zero-order valence-electron chi connectivity index (χ0n) is 5.52. The van der Waals surface area contributed by atoms with E-state index in [4.69, 9.17) is 5.11 Å². The molecule has 0 aliphatic rings. The Hall–Kier alpha value is -0.300. The highest BCUT2D eigenvalue weighted by molar-refractivity contribution is 4.88. The molecular weight excluding hydrogens is 100 g/mol. The fourth-order valence-electron chi connectivity index (χ4n) is 0.372. The van der Waals surface area contributed by atoms with Crippen LogP contribution in [0.5, 0.6) is 0 Å². The summed E-state index contributed by atoms with van der Waals surface area (Å²) in [5, 5.41) is 9.07. The Balaban J connectivity index is 3.39. The van der Waals surface area contributed by atoms with Crippen molar-refractivity contribution in [2.75, 3.05) is 0 Å². The van der Waals surface area contributed by atoms with Gasteiger partial charge < -0.3 is 5.11 Å². The first-order chi connectivity index (χ1) is 3.56. The van der Waals surface area contributed by atoms with Gasteiger partial charge in [0.1, 0.15) is 0 Å². The van der Waals surface area contributed by atoms with Gasteiger partial charge >= 0.3 is 0 Å². The molecule has 0 rings (SSSR count). The van der Waals surface area contributed by atoms with Crippen molar-refractivity contribution in [1.29, 1.82) is 0 Å². The lowest BCUT2D eigenvalue weighted by Gasteiger charge is -2.12. The lowest BCUT2D eigenvalue weighted by atomic mass is 10.1. The second-order valence-corrected chi connectivity index (χ2v) is 2.49. The molecule has 0 heterocycles. The molecule has 0 amide bonds. The summed E-state index contributed by atoms with van der Waals surface area (Å²) in [7, 11) is 0. The van der Waals surface area contributed by atoms with Crippen molar-refractivity contribution in [3.63, 3.8) is 0 Å². The van der Waals surface area contributed by atoms with E-state index in [1.807, 2.05) is 6.08 Å². The summed E-state index contributed by atoms with van der Waals surface area (Å²) in [4.78, 5) is 0. The molecule has 0 aliphatic heterocycles. The van der Waals surface area contributed by atoms with Gasteiger partial charge in [-0.2, -0.15) is 0 Å². The van der Waals surface area contributed by atoms with Crippen LogP contribution < -0.4 is 0 Å². The summed E-state index contributed by atoms with van der Waals surface area (Å²) < 4.78 is 0.